The van der Waals surface area contributed by atoms with E-state index in [9.17, 15) is 18.0 Å². The van der Waals surface area contributed by atoms with Gasteiger partial charge in [0.15, 0.2) is 0 Å². The van der Waals surface area contributed by atoms with Gasteiger partial charge in [0.05, 0.1) is 5.56 Å². The standard InChI is InChI=1S/C14H14F3NO/c15-14(16,17)11-7-4-8-12(9-11)18-13(19)10-5-2-1-3-6-10/h1-2,4,7-10H,3,5-6H2,(H,18,19). The Kier molecular flexibility index (Phi) is 3.93. The number of hydrogen-bond donors (Lipinski definition) is 1. The third-order valence-electron chi connectivity index (χ3n) is 3.10. The molecule has 0 aliphatic heterocycles. The molecule has 1 aliphatic carbocycles. The van der Waals surface area contributed by atoms with E-state index in [4.69, 9.17) is 0 Å². The van der Waals surface area contributed by atoms with Gasteiger partial charge in [0.25, 0.3) is 0 Å². The number of alkyl halides is 3. The van der Waals surface area contributed by atoms with Gasteiger partial charge in [-0.15, -0.1) is 0 Å². The molecule has 0 spiro atoms. The molecule has 1 N–H and O–H groups in total. The molecule has 0 saturated carbocycles. The average molecular weight is 269 g/mol. The summed E-state index contributed by atoms with van der Waals surface area (Å²) in [6, 6.07) is 4.70. The third kappa shape index (κ3) is 3.59. The van der Waals surface area contributed by atoms with Crippen molar-refractivity contribution in [2.24, 2.45) is 5.92 Å². The largest absolute Gasteiger partial charge is 0.416 e. The van der Waals surface area contributed by atoms with Gasteiger partial charge in [0, 0.05) is 11.6 Å². The highest BCUT2D eigenvalue weighted by Gasteiger charge is 2.30. The summed E-state index contributed by atoms with van der Waals surface area (Å²) >= 11 is 0. The first-order chi connectivity index (χ1) is 8.97. The monoisotopic (exact) mass is 269 g/mol. The van der Waals surface area contributed by atoms with Gasteiger partial charge in [-0.2, -0.15) is 13.2 Å². The van der Waals surface area contributed by atoms with E-state index in [1.54, 1.807) is 0 Å². The zero-order valence-electron chi connectivity index (χ0n) is 10.2. The van der Waals surface area contributed by atoms with E-state index in [0.717, 1.165) is 25.0 Å². The highest BCUT2D eigenvalue weighted by molar-refractivity contribution is 5.92. The fourth-order valence-corrected chi connectivity index (χ4v) is 2.05. The lowest BCUT2D eigenvalue weighted by molar-refractivity contribution is -0.137. The SMILES string of the molecule is O=C(Nc1cccc(C(F)(F)F)c1)C1CC=CCC1. The van der Waals surface area contributed by atoms with E-state index in [1.165, 1.54) is 12.1 Å². The van der Waals surface area contributed by atoms with E-state index >= 15 is 0 Å². The number of amides is 1. The number of anilines is 1. The van der Waals surface area contributed by atoms with Crippen LogP contribution in [0.15, 0.2) is 36.4 Å². The fourth-order valence-electron chi connectivity index (χ4n) is 2.05. The number of benzene rings is 1. The molecule has 2 nitrogen and oxygen atoms in total. The first-order valence-electron chi connectivity index (χ1n) is 6.10. The minimum Gasteiger partial charge on any atom is -0.326 e. The van der Waals surface area contributed by atoms with Gasteiger partial charge < -0.3 is 5.32 Å². The van der Waals surface area contributed by atoms with Crippen molar-refractivity contribution in [1.29, 1.82) is 0 Å². The summed E-state index contributed by atoms with van der Waals surface area (Å²) in [5.41, 5.74) is -0.566. The molecule has 1 aliphatic rings. The zero-order valence-corrected chi connectivity index (χ0v) is 10.2. The molecule has 1 aromatic carbocycles. The summed E-state index contributed by atoms with van der Waals surface area (Å²) in [6.07, 6.45) is 1.76. The summed E-state index contributed by atoms with van der Waals surface area (Å²) in [5, 5.41) is 2.55. The Bertz CT molecular complexity index is 494. The number of allylic oxidation sites excluding steroid dienone is 2. The van der Waals surface area contributed by atoms with Crippen LogP contribution < -0.4 is 5.32 Å². The van der Waals surface area contributed by atoms with Gasteiger partial charge in [0.1, 0.15) is 0 Å². The zero-order chi connectivity index (χ0) is 13.9. The van der Waals surface area contributed by atoms with E-state index < -0.39 is 11.7 Å². The topological polar surface area (TPSA) is 29.1 Å². The van der Waals surface area contributed by atoms with Gasteiger partial charge in [0.2, 0.25) is 5.91 Å². The number of halogens is 3. The number of rotatable bonds is 2. The fraction of sp³-hybridized carbons (Fsp3) is 0.357. The molecule has 19 heavy (non-hydrogen) atoms. The first kappa shape index (κ1) is 13.6. The molecule has 1 atom stereocenters. The summed E-state index contributed by atoms with van der Waals surface area (Å²) in [6.45, 7) is 0. The predicted octanol–water partition coefficient (Wildman–Crippen LogP) is 4.00. The van der Waals surface area contributed by atoms with Gasteiger partial charge in [-0.05, 0) is 37.5 Å². The van der Waals surface area contributed by atoms with Gasteiger partial charge in [-0.1, -0.05) is 18.2 Å². The van der Waals surface area contributed by atoms with Crippen molar-refractivity contribution in [3.63, 3.8) is 0 Å². The number of hydrogen-bond acceptors (Lipinski definition) is 1. The van der Waals surface area contributed by atoms with E-state index in [0.29, 0.717) is 6.42 Å². The molecular formula is C14H14F3NO. The van der Waals surface area contributed by atoms with Crippen molar-refractivity contribution < 1.29 is 18.0 Å². The highest BCUT2D eigenvalue weighted by Crippen LogP contribution is 2.31. The van der Waals surface area contributed by atoms with Crippen molar-refractivity contribution in [2.75, 3.05) is 5.32 Å². The normalized spacial score (nSPS) is 19.2. The van der Waals surface area contributed by atoms with Gasteiger partial charge >= 0.3 is 6.18 Å². The Labute approximate surface area is 109 Å². The molecule has 0 bridgehead atoms. The van der Waals surface area contributed by atoms with E-state index in [-0.39, 0.29) is 17.5 Å². The number of nitrogens with one attached hydrogen (secondary N) is 1. The van der Waals surface area contributed by atoms with Crippen LogP contribution in [0, 0.1) is 5.92 Å². The summed E-state index contributed by atoms with van der Waals surface area (Å²) in [4.78, 5) is 11.9. The van der Waals surface area contributed by atoms with Crippen LogP contribution in [0.25, 0.3) is 0 Å². The molecule has 1 aromatic rings. The van der Waals surface area contributed by atoms with Crippen LogP contribution in [0.2, 0.25) is 0 Å². The Morgan fingerprint density at radius 1 is 1.26 bits per heavy atom. The van der Waals surface area contributed by atoms with Crippen LogP contribution in [0.3, 0.4) is 0 Å². The van der Waals surface area contributed by atoms with Crippen molar-refractivity contribution >= 4 is 11.6 Å². The molecule has 1 unspecified atom stereocenters. The van der Waals surface area contributed by atoms with Crippen LogP contribution in [0.5, 0.6) is 0 Å². The van der Waals surface area contributed by atoms with Crippen LogP contribution >= 0.6 is 0 Å². The molecule has 0 radical (unpaired) electrons. The predicted molar refractivity (Wildman–Crippen MR) is 66.6 cm³/mol. The summed E-state index contributed by atoms with van der Waals surface area (Å²) < 4.78 is 37.6. The number of carbonyl (C=O) groups is 1. The lowest BCUT2D eigenvalue weighted by Crippen LogP contribution is -2.23. The quantitative estimate of drug-likeness (QED) is 0.808. The summed E-state index contributed by atoms with van der Waals surface area (Å²) in [5.74, 6) is -0.372. The van der Waals surface area contributed by atoms with Gasteiger partial charge in [-0.25, -0.2) is 0 Å². The third-order valence-corrected chi connectivity index (χ3v) is 3.10. The van der Waals surface area contributed by atoms with Crippen molar-refractivity contribution in [2.45, 2.75) is 25.4 Å². The maximum absolute atomic E-state index is 12.5. The second-order valence-electron chi connectivity index (χ2n) is 4.55. The molecule has 0 heterocycles. The Balaban J connectivity index is 2.06. The molecule has 5 heteroatoms. The van der Waals surface area contributed by atoms with Crippen molar-refractivity contribution in [1.82, 2.24) is 0 Å². The smallest absolute Gasteiger partial charge is 0.326 e. The van der Waals surface area contributed by atoms with Crippen LogP contribution in [0.4, 0.5) is 18.9 Å². The van der Waals surface area contributed by atoms with Crippen LogP contribution in [0.1, 0.15) is 24.8 Å². The lowest BCUT2D eigenvalue weighted by atomic mass is 9.93. The minimum atomic E-state index is -4.39. The second-order valence-corrected chi connectivity index (χ2v) is 4.55. The second kappa shape index (κ2) is 5.47. The molecule has 0 fully saturated rings. The van der Waals surface area contributed by atoms with E-state index in [1.807, 2.05) is 12.2 Å². The maximum atomic E-state index is 12.5. The molecule has 0 saturated heterocycles. The first-order valence-corrected chi connectivity index (χ1v) is 6.10. The van der Waals surface area contributed by atoms with Crippen molar-refractivity contribution in [3.05, 3.63) is 42.0 Å². The van der Waals surface area contributed by atoms with Gasteiger partial charge in [-0.3, -0.25) is 4.79 Å². The van der Waals surface area contributed by atoms with E-state index in [2.05, 4.69) is 5.32 Å². The maximum Gasteiger partial charge on any atom is 0.416 e. The Morgan fingerprint density at radius 2 is 2.05 bits per heavy atom. The molecular weight excluding hydrogens is 255 g/mol. The van der Waals surface area contributed by atoms with Crippen LogP contribution in [-0.2, 0) is 11.0 Å². The number of carbonyl (C=O) groups excluding carboxylic acids is 1. The minimum absolute atomic E-state index is 0.153. The Hall–Kier alpha value is -1.78. The van der Waals surface area contributed by atoms with Crippen molar-refractivity contribution in [3.8, 4) is 0 Å². The molecule has 102 valence electrons. The Morgan fingerprint density at radius 3 is 2.68 bits per heavy atom. The average Bonchev–Trinajstić information content (AvgIpc) is 2.39. The molecule has 1 amide bonds. The summed E-state index contributed by atoms with van der Waals surface area (Å²) in [7, 11) is 0. The molecule has 0 aromatic heterocycles. The van der Waals surface area contributed by atoms with Crippen LogP contribution in [-0.4, -0.2) is 5.91 Å². The lowest BCUT2D eigenvalue weighted by Gasteiger charge is -2.17. The molecule has 2 rings (SSSR count). The highest BCUT2D eigenvalue weighted by atomic mass is 19.4.